The summed E-state index contributed by atoms with van der Waals surface area (Å²) in [4.78, 5) is 38.5. The Morgan fingerprint density at radius 3 is 0.556 bits per heavy atom. The van der Waals surface area contributed by atoms with Gasteiger partial charge in [0.25, 0.3) is 0 Å². The van der Waals surface area contributed by atoms with E-state index in [2.05, 4.69) is 114 Å². The van der Waals surface area contributed by atoms with Crippen LogP contribution in [0.2, 0.25) is 0 Å². The van der Waals surface area contributed by atoms with Gasteiger partial charge in [-0.3, -0.25) is 9.59 Å². The second-order valence-electron chi connectivity index (χ2n) is 36.6. The summed E-state index contributed by atoms with van der Waals surface area (Å²) in [7, 11) is 0. The summed E-state index contributed by atoms with van der Waals surface area (Å²) >= 11 is 7.00. The fourth-order valence-electron chi connectivity index (χ4n) is 17.7. The van der Waals surface area contributed by atoms with Crippen LogP contribution in [0.4, 0.5) is 0 Å². The van der Waals surface area contributed by atoms with Crippen LogP contribution in [0, 0.1) is 0 Å². The smallest absolute Gasteiger partial charge is 0.203 e. The molecule has 1 aliphatic rings. The molecule has 0 bridgehead atoms. The lowest BCUT2D eigenvalue weighted by molar-refractivity contribution is 0.0979. The van der Waals surface area contributed by atoms with Crippen molar-refractivity contribution in [1.29, 1.82) is 0 Å². The fourth-order valence-corrected chi connectivity index (χ4v) is 21.9. The van der Waals surface area contributed by atoms with Gasteiger partial charge in [0.05, 0.1) is 39.6 Å². The predicted molar refractivity (Wildman–Crippen MR) is 548 cm³/mol. The first-order valence-electron chi connectivity index (χ1n) is 52.2. The highest BCUT2D eigenvalue weighted by Gasteiger charge is 2.31. The zero-order valence-corrected chi connectivity index (χ0v) is 83.2. The van der Waals surface area contributed by atoms with Gasteiger partial charge in [-0.1, -0.05) is 400 Å². The molecule has 0 saturated heterocycles. The van der Waals surface area contributed by atoms with Gasteiger partial charge >= 0.3 is 0 Å². The van der Waals surface area contributed by atoms with E-state index in [1.807, 2.05) is 36.4 Å². The second-order valence-corrected chi connectivity index (χ2v) is 41.0. The van der Waals surface area contributed by atoms with E-state index in [1.165, 1.54) is 331 Å². The first-order valence-corrected chi connectivity index (χ1v) is 55.4. The van der Waals surface area contributed by atoms with Gasteiger partial charge in [0.1, 0.15) is 0 Å². The molecular weight excluding hydrogens is 1630 g/mol. The quantitative estimate of drug-likeness (QED) is 0.0348. The van der Waals surface area contributed by atoms with Crippen LogP contribution < -0.4 is 28.4 Å². The summed E-state index contributed by atoms with van der Waals surface area (Å²) in [6.45, 7) is 17.6. The molecule has 696 valence electrons. The molecule has 8 nitrogen and oxygen atoms in total. The van der Waals surface area contributed by atoms with Crippen molar-refractivity contribution in [1.82, 2.24) is 0 Å². The molecule has 0 radical (unpaired) electrons. The van der Waals surface area contributed by atoms with Crippen molar-refractivity contribution in [3.05, 3.63) is 131 Å². The number of rotatable bonds is 78. The van der Waals surface area contributed by atoms with E-state index < -0.39 is 0 Å². The zero-order valence-electron chi connectivity index (χ0n) is 80.0. The van der Waals surface area contributed by atoms with Crippen LogP contribution in [-0.2, 0) is 0 Å². The van der Waals surface area contributed by atoms with E-state index in [0.717, 1.165) is 150 Å². The van der Waals surface area contributed by atoms with Crippen LogP contribution in [0.3, 0.4) is 0 Å². The summed E-state index contributed by atoms with van der Waals surface area (Å²) in [6, 6.07) is 38.2. The summed E-state index contributed by atoms with van der Waals surface area (Å²) < 4.78 is 41.1. The Balaban J connectivity index is 0.879. The number of ketones is 2. The minimum absolute atomic E-state index is 0.118. The first kappa shape index (κ1) is 104. The Labute approximate surface area is 782 Å². The van der Waals surface area contributed by atoms with Crippen molar-refractivity contribution in [2.24, 2.45) is 0 Å². The first-order chi connectivity index (χ1) is 62.2. The minimum Gasteiger partial charge on any atom is -0.490 e. The maximum absolute atomic E-state index is 14.8. The number of carbonyl (C=O) groups excluding carboxylic acids is 2. The zero-order chi connectivity index (χ0) is 88.3. The van der Waals surface area contributed by atoms with Gasteiger partial charge in [0.2, 0.25) is 11.5 Å². The number of benzene rings is 4. The van der Waals surface area contributed by atoms with Crippen LogP contribution in [0.25, 0.3) is 61.3 Å². The second kappa shape index (κ2) is 64.6. The third-order valence-corrected chi connectivity index (χ3v) is 30.5. The summed E-state index contributed by atoms with van der Waals surface area (Å²) in [6.07, 6.45) is 76.7. The van der Waals surface area contributed by atoms with Crippen LogP contribution in [0.1, 0.15) is 459 Å². The van der Waals surface area contributed by atoms with E-state index in [-0.39, 0.29) is 11.6 Å². The topological polar surface area (TPSA) is 89.5 Å². The number of thiophene rings is 4. The lowest BCUT2D eigenvalue weighted by atomic mass is 9.82. The molecule has 0 amide bonds. The van der Waals surface area contributed by atoms with Crippen molar-refractivity contribution in [2.45, 2.75) is 427 Å². The third kappa shape index (κ3) is 38.0. The molecule has 4 aromatic heterocycles. The fraction of sp³-hybridized carbons (Fsp3) is 0.632. The van der Waals surface area contributed by atoms with Gasteiger partial charge in [-0.2, -0.15) is 0 Å². The number of hydrogen-bond donors (Lipinski definition) is 0. The van der Waals surface area contributed by atoms with E-state index in [0.29, 0.717) is 61.9 Å². The molecular formula is C114H168O8S4. The average molecular weight is 1790 g/mol. The minimum atomic E-state index is -0.118. The molecule has 9 rings (SSSR count). The molecule has 12 heteroatoms. The van der Waals surface area contributed by atoms with Gasteiger partial charge in [0, 0.05) is 61.3 Å². The molecule has 8 aromatic rings. The van der Waals surface area contributed by atoms with E-state index in [4.69, 9.17) is 28.4 Å². The highest BCUT2D eigenvalue weighted by Crippen LogP contribution is 2.49. The highest BCUT2D eigenvalue weighted by atomic mass is 32.1. The number of unbranched alkanes of at least 4 members (excludes halogenated alkanes) is 54. The van der Waals surface area contributed by atoms with Crippen LogP contribution >= 0.6 is 45.3 Å². The van der Waals surface area contributed by atoms with Crippen molar-refractivity contribution in [3.8, 4) is 95.8 Å². The molecule has 0 unspecified atom stereocenters. The molecule has 0 atom stereocenters. The van der Waals surface area contributed by atoms with Gasteiger partial charge in [-0.15, -0.1) is 45.3 Å². The van der Waals surface area contributed by atoms with E-state index in [9.17, 15) is 9.59 Å². The number of carbonyl (C=O) groups is 2. The molecule has 0 aliphatic heterocycles. The Hall–Kier alpha value is -6.18. The van der Waals surface area contributed by atoms with Gasteiger partial charge < -0.3 is 28.4 Å². The Morgan fingerprint density at radius 1 is 0.175 bits per heavy atom. The largest absolute Gasteiger partial charge is 0.490 e. The normalized spacial score (nSPS) is 12.0. The Morgan fingerprint density at radius 2 is 0.349 bits per heavy atom. The lowest BCUT2D eigenvalue weighted by Gasteiger charge is -2.19. The third-order valence-electron chi connectivity index (χ3n) is 25.6. The van der Waals surface area contributed by atoms with Crippen molar-refractivity contribution < 1.29 is 38.0 Å². The Bertz CT molecular complexity index is 3850. The Kier molecular flexibility index (Phi) is 53.1. The number of hydrogen-bond acceptors (Lipinski definition) is 12. The average Bonchev–Trinajstić information content (AvgIpc) is 1.04. The van der Waals surface area contributed by atoms with Crippen LogP contribution in [0.15, 0.2) is 109 Å². The van der Waals surface area contributed by atoms with E-state index in [1.54, 1.807) is 45.3 Å². The van der Waals surface area contributed by atoms with Gasteiger partial charge in [-0.05, 0) is 158 Å². The number of ether oxygens (including phenoxy) is 6. The molecule has 126 heavy (non-hydrogen) atoms. The molecule has 4 heterocycles. The van der Waals surface area contributed by atoms with Crippen molar-refractivity contribution in [3.63, 3.8) is 0 Å². The molecule has 0 fully saturated rings. The van der Waals surface area contributed by atoms with Gasteiger partial charge in [-0.25, -0.2) is 0 Å². The molecule has 4 aromatic carbocycles. The molecule has 0 spiro atoms. The molecule has 1 aliphatic carbocycles. The maximum Gasteiger partial charge on any atom is 0.203 e. The van der Waals surface area contributed by atoms with Crippen molar-refractivity contribution in [2.75, 3.05) is 39.6 Å². The summed E-state index contributed by atoms with van der Waals surface area (Å²) in [5, 5.41) is 0. The number of fused-ring (bicyclic) bond motifs is 2. The van der Waals surface area contributed by atoms with Crippen molar-refractivity contribution >= 4 is 56.9 Å². The van der Waals surface area contributed by atoms with Crippen LogP contribution in [-0.4, -0.2) is 51.2 Å². The SMILES string of the molecule is CCCCCCCCCCCCOc1cc(-c2ccc(-c3ccc(-c4ccc5c(c4)C(=O)c4ccc(-c6ccc(-c7ccc(-c8cc(OCCCCCCCCCCCC)c(OCCCCCCCCCCCC)c(OCCCCCCCCCCCC)c8)s7)s6)cc4C5=O)s3)s2)cc(OCCCCCCCCCCCC)c1OCCCCCCCCCCCC. The van der Waals surface area contributed by atoms with E-state index >= 15 is 0 Å². The molecule has 0 saturated carbocycles. The summed E-state index contributed by atoms with van der Waals surface area (Å²) in [5.74, 6) is 4.41. The van der Waals surface area contributed by atoms with Crippen LogP contribution in [0.5, 0.6) is 34.5 Å². The lowest BCUT2D eigenvalue weighted by Crippen LogP contribution is -2.20. The summed E-state index contributed by atoms with van der Waals surface area (Å²) in [5.41, 5.74) is 5.82. The monoisotopic (exact) mass is 1790 g/mol. The molecule has 0 N–H and O–H groups in total. The highest BCUT2D eigenvalue weighted by molar-refractivity contribution is 7.26. The predicted octanol–water partition coefficient (Wildman–Crippen LogP) is 38.5. The maximum atomic E-state index is 14.8. The van der Waals surface area contributed by atoms with Gasteiger partial charge in [0.15, 0.2) is 34.6 Å². The standard InChI is InChI=1S/C114H168O8S4/c1-7-13-19-25-31-37-43-49-55-61-79-117-99-87-93(88-100(118-80-62-56-50-44-38-32-26-20-14-8-2)113(99)121-83-65-59-53-47-41-35-29-23-17-11-5)105-73-77-109(125-105)107-75-71-103(123-107)91-67-69-95-97(85-91)111(115)96-70-68-92(86-98(96)112(95)116)104-72-76-108(124-104)110-78-74-106(126-110)94-89-101(119-81-63-57-51-45-39-33-27-21-15-9-3)114(122-84-66-60-54-48-42-36-30-24-18-12-6)102(90-94)120-82-64-58-52-46-40-34-28-22-16-10-4/h67-78,85-90H,7-66,79-84H2,1-6H3.